The van der Waals surface area contributed by atoms with E-state index in [4.69, 9.17) is 4.74 Å². The smallest absolute Gasteiger partial charge is 0.305 e. The van der Waals surface area contributed by atoms with Crippen LogP contribution in [0.3, 0.4) is 0 Å². The molecule has 0 aromatic heterocycles. The molecule has 408 valence electrons. The van der Waals surface area contributed by atoms with Gasteiger partial charge in [-0.1, -0.05) is 295 Å². The van der Waals surface area contributed by atoms with Crippen molar-refractivity contribution in [2.24, 2.45) is 0 Å². The van der Waals surface area contributed by atoms with Crippen LogP contribution in [-0.2, 0) is 14.3 Å². The lowest BCUT2D eigenvalue weighted by Gasteiger charge is -2.20. The number of nitrogens with one attached hydrogen (secondary N) is 1. The number of hydrogen-bond acceptors (Lipinski definition) is 5. The van der Waals surface area contributed by atoms with E-state index >= 15 is 0 Å². The van der Waals surface area contributed by atoms with Crippen LogP contribution in [0.5, 0.6) is 0 Å². The largest absolute Gasteiger partial charge is 0.466 e. The van der Waals surface area contributed by atoms with Crippen molar-refractivity contribution in [3.63, 3.8) is 0 Å². The van der Waals surface area contributed by atoms with Crippen LogP contribution in [-0.4, -0.2) is 47.4 Å². The molecule has 1 amide bonds. The van der Waals surface area contributed by atoms with Gasteiger partial charge in [-0.3, -0.25) is 9.59 Å². The van der Waals surface area contributed by atoms with Crippen LogP contribution >= 0.6 is 0 Å². The Bertz CT molecular complexity index is 1080. The molecule has 0 radical (unpaired) electrons. The number of rotatable bonds is 58. The highest BCUT2D eigenvalue weighted by atomic mass is 16.5. The predicted octanol–water partition coefficient (Wildman–Crippen LogP) is 19.4. The second-order valence-electron chi connectivity index (χ2n) is 21.4. The Morgan fingerprint density at radius 1 is 0.391 bits per heavy atom. The van der Waals surface area contributed by atoms with Gasteiger partial charge in [0.05, 0.1) is 25.4 Å². The lowest BCUT2D eigenvalue weighted by molar-refractivity contribution is -0.143. The Morgan fingerprint density at radius 3 is 1.03 bits per heavy atom. The number of amides is 1. The number of aliphatic hydroxyl groups is 2. The van der Waals surface area contributed by atoms with Gasteiger partial charge in [0.25, 0.3) is 0 Å². The zero-order valence-corrected chi connectivity index (χ0v) is 46.6. The van der Waals surface area contributed by atoms with Crippen LogP contribution in [0, 0.1) is 0 Å². The number of carbonyl (C=O) groups excluding carboxylic acids is 2. The summed E-state index contributed by atoms with van der Waals surface area (Å²) in [4.78, 5) is 24.6. The summed E-state index contributed by atoms with van der Waals surface area (Å²) in [6.45, 7) is 4.91. The molecule has 0 fully saturated rings. The van der Waals surface area contributed by atoms with E-state index in [1.54, 1.807) is 6.08 Å². The minimum atomic E-state index is -0.848. The van der Waals surface area contributed by atoms with E-state index in [2.05, 4.69) is 31.3 Å². The van der Waals surface area contributed by atoms with E-state index in [0.717, 1.165) is 44.9 Å². The summed E-state index contributed by atoms with van der Waals surface area (Å²) >= 11 is 0. The van der Waals surface area contributed by atoms with Crippen LogP contribution in [0.4, 0.5) is 0 Å². The summed E-state index contributed by atoms with van der Waals surface area (Å²) in [5, 5.41) is 23.2. The van der Waals surface area contributed by atoms with Crippen molar-refractivity contribution >= 4 is 11.9 Å². The van der Waals surface area contributed by atoms with Gasteiger partial charge in [-0.15, -0.1) is 0 Å². The molecule has 0 aliphatic rings. The molecule has 0 saturated carbocycles. The fourth-order valence-electron chi connectivity index (χ4n) is 9.69. The molecule has 6 nitrogen and oxygen atoms in total. The van der Waals surface area contributed by atoms with Crippen molar-refractivity contribution in [2.75, 3.05) is 13.2 Å². The van der Waals surface area contributed by atoms with Crippen LogP contribution < -0.4 is 5.32 Å². The van der Waals surface area contributed by atoms with Crippen LogP contribution in [0.1, 0.15) is 341 Å². The SMILES string of the molecule is CCCCCCCCC/C=C\CCCCCCCCCC(=O)OCCCCCCCCCCCCCCCCCCCC(=O)NC(CO)C(O)/C=C/CCCCCCCCCCCCCCCCC. The third-order valence-corrected chi connectivity index (χ3v) is 14.5. The lowest BCUT2D eigenvalue weighted by Crippen LogP contribution is -2.45. The molecule has 0 aromatic carbocycles. The van der Waals surface area contributed by atoms with Gasteiger partial charge in [-0.2, -0.15) is 0 Å². The van der Waals surface area contributed by atoms with Crippen LogP contribution in [0.15, 0.2) is 24.3 Å². The van der Waals surface area contributed by atoms with Crippen molar-refractivity contribution in [3.05, 3.63) is 24.3 Å². The van der Waals surface area contributed by atoms with E-state index < -0.39 is 12.1 Å². The van der Waals surface area contributed by atoms with E-state index in [0.29, 0.717) is 19.4 Å². The first-order valence-corrected chi connectivity index (χ1v) is 31.1. The Labute approximate surface area is 431 Å². The Balaban J connectivity index is 3.43. The van der Waals surface area contributed by atoms with Crippen molar-refractivity contribution in [1.29, 1.82) is 0 Å². The first kappa shape index (κ1) is 67.3. The highest BCUT2D eigenvalue weighted by Crippen LogP contribution is 2.17. The fourth-order valence-corrected chi connectivity index (χ4v) is 9.69. The minimum absolute atomic E-state index is 0.00208. The van der Waals surface area contributed by atoms with Gasteiger partial charge in [-0.05, 0) is 57.8 Å². The summed E-state index contributed by atoms with van der Waals surface area (Å²) in [6, 6.07) is -0.632. The van der Waals surface area contributed by atoms with Gasteiger partial charge < -0.3 is 20.3 Å². The van der Waals surface area contributed by atoms with Crippen LogP contribution in [0.25, 0.3) is 0 Å². The molecule has 0 heterocycles. The maximum absolute atomic E-state index is 12.5. The molecule has 0 spiro atoms. The average Bonchev–Trinajstić information content (AvgIpc) is 3.35. The Kier molecular flexibility index (Phi) is 57.5. The molecule has 69 heavy (non-hydrogen) atoms. The third kappa shape index (κ3) is 55.5. The third-order valence-electron chi connectivity index (χ3n) is 14.5. The molecule has 0 aliphatic heterocycles. The Hall–Kier alpha value is -1.66. The molecule has 0 aliphatic carbocycles. The van der Waals surface area contributed by atoms with Crippen molar-refractivity contribution in [3.8, 4) is 0 Å². The first-order chi connectivity index (χ1) is 34.0. The number of ether oxygens (including phenoxy) is 1. The van der Waals surface area contributed by atoms with Crippen molar-refractivity contribution in [2.45, 2.75) is 353 Å². The van der Waals surface area contributed by atoms with Gasteiger partial charge in [0.2, 0.25) is 5.91 Å². The van der Waals surface area contributed by atoms with E-state index in [9.17, 15) is 19.8 Å². The number of hydrogen-bond donors (Lipinski definition) is 3. The second kappa shape index (κ2) is 58.9. The number of esters is 1. The molecule has 2 atom stereocenters. The minimum Gasteiger partial charge on any atom is -0.466 e. The van der Waals surface area contributed by atoms with Gasteiger partial charge in [0.15, 0.2) is 0 Å². The molecular weight excluding hydrogens is 851 g/mol. The molecular formula is C63H121NO5. The summed E-state index contributed by atoms with van der Waals surface area (Å²) in [6.07, 6.45) is 72.1. The fraction of sp³-hybridized carbons (Fsp3) is 0.905. The quantitative estimate of drug-likeness (QED) is 0.0321. The topological polar surface area (TPSA) is 95.9 Å². The monoisotopic (exact) mass is 972 g/mol. The highest BCUT2D eigenvalue weighted by molar-refractivity contribution is 5.76. The first-order valence-electron chi connectivity index (χ1n) is 31.1. The predicted molar refractivity (Wildman–Crippen MR) is 301 cm³/mol. The highest BCUT2D eigenvalue weighted by Gasteiger charge is 2.18. The second-order valence-corrected chi connectivity index (χ2v) is 21.4. The van der Waals surface area contributed by atoms with Gasteiger partial charge in [-0.25, -0.2) is 0 Å². The number of aliphatic hydroxyl groups excluding tert-OH is 2. The zero-order valence-electron chi connectivity index (χ0n) is 46.6. The summed E-state index contributed by atoms with van der Waals surface area (Å²) in [7, 11) is 0. The van der Waals surface area contributed by atoms with Crippen LogP contribution in [0.2, 0.25) is 0 Å². The maximum atomic E-state index is 12.5. The standard InChI is InChI=1S/C63H121NO5/c1-3-5-7-9-11-13-15-17-19-21-25-29-33-37-41-45-49-53-57-63(68)69-58-54-50-46-42-38-34-30-26-22-24-28-32-36-40-44-48-52-56-62(67)64-60(59-65)61(66)55-51-47-43-39-35-31-27-23-20-18-16-14-12-10-8-6-4-2/h19,21,51,55,60-61,65-66H,3-18,20,22-50,52-54,56-59H2,1-2H3,(H,64,67)/b21-19-,55-51+. The average molecular weight is 973 g/mol. The number of unbranched alkanes of at least 4 members (excludes halogenated alkanes) is 45. The van der Waals surface area contributed by atoms with Crippen molar-refractivity contribution in [1.82, 2.24) is 5.32 Å². The molecule has 0 bridgehead atoms. The van der Waals surface area contributed by atoms with Gasteiger partial charge >= 0.3 is 5.97 Å². The number of allylic oxidation sites excluding steroid dienone is 3. The van der Waals surface area contributed by atoms with E-state index in [-0.39, 0.29) is 18.5 Å². The zero-order chi connectivity index (χ0) is 50.0. The number of carbonyl (C=O) groups is 2. The van der Waals surface area contributed by atoms with Crippen molar-refractivity contribution < 1.29 is 24.5 Å². The molecule has 0 rings (SSSR count). The van der Waals surface area contributed by atoms with E-state index in [1.165, 1.54) is 270 Å². The normalized spacial score (nSPS) is 12.7. The molecule has 6 heteroatoms. The molecule has 0 aromatic rings. The maximum Gasteiger partial charge on any atom is 0.305 e. The van der Waals surface area contributed by atoms with Gasteiger partial charge in [0.1, 0.15) is 0 Å². The summed E-state index contributed by atoms with van der Waals surface area (Å²) < 4.78 is 5.49. The van der Waals surface area contributed by atoms with Gasteiger partial charge in [0, 0.05) is 12.8 Å². The molecule has 3 N–H and O–H groups in total. The Morgan fingerprint density at radius 2 is 0.681 bits per heavy atom. The summed E-state index contributed by atoms with van der Waals surface area (Å²) in [5.74, 6) is -0.0690. The lowest BCUT2D eigenvalue weighted by atomic mass is 10.0. The van der Waals surface area contributed by atoms with E-state index in [1.807, 2.05) is 6.08 Å². The molecule has 0 saturated heterocycles. The molecule has 2 unspecified atom stereocenters. The summed E-state index contributed by atoms with van der Waals surface area (Å²) in [5.41, 5.74) is 0.